The standard InChI is InChI=1S/C19H25NO7S/c1-5-10-26-15-8-6-7-9-16(15)28(24,25)13-11-14(17(21)22)20(12-13)18(23)27-19(2,3)4/h5-9,13-14H,1,10-12H2,2-4H3,(H,21,22)/t13-,14+/m1/s1. The highest BCUT2D eigenvalue weighted by molar-refractivity contribution is 7.92. The van der Waals surface area contributed by atoms with Crippen LogP contribution in [0.2, 0.25) is 0 Å². The molecule has 0 radical (unpaired) electrons. The summed E-state index contributed by atoms with van der Waals surface area (Å²) in [5.41, 5.74) is -0.831. The molecule has 8 nitrogen and oxygen atoms in total. The number of hydrogen-bond donors (Lipinski definition) is 1. The van der Waals surface area contributed by atoms with Gasteiger partial charge in [-0.05, 0) is 39.3 Å². The van der Waals surface area contributed by atoms with Gasteiger partial charge in [-0.2, -0.15) is 0 Å². The van der Waals surface area contributed by atoms with E-state index in [1.54, 1.807) is 32.9 Å². The third-order valence-corrected chi connectivity index (χ3v) is 6.30. The topological polar surface area (TPSA) is 110 Å². The van der Waals surface area contributed by atoms with Gasteiger partial charge >= 0.3 is 12.1 Å². The zero-order chi connectivity index (χ0) is 21.1. The summed E-state index contributed by atoms with van der Waals surface area (Å²) < 4.78 is 37.0. The smallest absolute Gasteiger partial charge is 0.411 e. The van der Waals surface area contributed by atoms with Crippen LogP contribution in [0.3, 0.4) is 0 Å². The Labute approximate surface area is 164 Å². The monoisotopic (exact) mass is 411 g/mol. The van der Waals surface area contributed by atoms with E-state index in [-0.39, 0.29) is 30.2 Å². The molecule has 2 rings (SSSR count). The van der Waals surface area contributed by atoms with E-state index < -0.39 is 38.8 Å². The maximum Gasteiger partial charge on any atom is 0.411 e. The number of carbonyl (C=O) groups excluding carboxylic acids is 1. The van der Waals surface area contributed by atoms with Crippen molar-refractivity contribution in [3.05, 3.63) is 36.9 Å². The summed E-state index contributed by atoms with van der Waals surface area (Å²) in [7, 11) is -3.95. The summed E-state index contributed by atoms with van der Waals surface area (Å²) in [5.74, 6) is -1.12. The Bertz CT molecular complexity index is 857. The minimum absolute atomic E-state index is 0.0444. The second kappa shape index (κ2) is 8.22. The number of sulfone groups is 1. The summed E-state index contributed by atoms with van der Waals surface area (Å²) in [6.45, 7) is 8.34. The molecule has 1 aliphatic rings. The van der Waals surface area contributed by atoms with Crippen LogP contribution < -0.4 is 4.74 Å². The molecule has 9 heteroatoms. The predicted molar refractivity (Wildman–Crippen MR) is 102 cm³/mol. The molecule has 0 unspecified atom stereocenters. The van der Waals surface area contributed by atoms with Crippen molar-refractivity contribution in [1.82, 2.24) is 4.90 Å². The van der Waals surface area contributed by atoms with E-state index in [0.29, 0.717) is 0 Å². The van der Waals surface area contributed by atoms with Crippen molar-refractivity contribution in [2.45, 2.75) is 49.0 Å². The molecule has 1 heterocycles. The van der Waals surface area contributed by atoms with E-state index >= 15 is 0 Å². The lowest BCUT2D eigenvalue weighted by Gasteiger charge is -2.26. The lowest BCUT2D eigenvalue weighted by molar-refractivity contribution is -0.142. The zero-order valence-electron chi connectivity index (χ0n) is 16.1. The Morgan fingerprint density at radius 3 is 2.54 bits per heavy atom. The van der Waals surface area contributed by atoms with E-state index in [0.717, 1.165) is 4.90 Å². The number of nitrogens with zero attached hydrogens (tertiary/aromatic N) is 1. The second-order valence-electron chi connectivity index (χ2n) is 7.44. The van der Waals surface area contributed by atoms with Crippen molar-refractivity contribution in [3.8, 4) is 5.75 Å². The number of carboxylic acid groups (broad SMARTS) is 1. The van der Waals surface area contributed by atoms with Crippen LogP contribution in [0.15, 0.2) is 41.8 Å². The number of ether oxygens (including phenoxy) is 2. The minimum atomic E-state index is -3.95. The van der Waals surface area contributed by atoms with Gasteiger partial charge in [0.05, 0.1) is 5.25 Å². The predicted octanol–water partition coefficient (Wildman–Crippen LogP) is 2.49. The Hall–Kier alpha value is -2.55. The van der Waals surface area contributed by atoms with Crippen LogP contribution in [0, 0.1) is 0 Å². The molecule has 28 heavy (non-hydrogen) atoms. The molecule has 1 amide bonds. The van der Waals surface area contributed by atoms with Crippen LogP contribution in [-0.4, -0.2) is 60.5 Å². The fraction of sp³-hybridized carbons (Fsp3) is 0.474. The van der Waals surface area contributed by atoms with Gasteiger partial charge in [-0.15, -0.1) is 0 Å². The summed E-state index contributed by atoms with van der Waals surface area (Å²) in [6.07, 6.45) is 0.407. The van der Waals surface area contributed by atoms with Crippen LogP contribution in [0.25, 0.3) is 0 Å². The highest BCUT2D eigenvalue weighted by Crippen LogP contribution is 2.33. The number of aliphatic carboxylic acids is 1. The molecule has 1 aromatic carbocycles. The molecular formula is C19H25NO7S. The lowest BCUT2D eigenvalue weighted by Crippen LogP contribution is -2.43. The minimum Gasteiger partial charge on any atom is -0.488 e. The van der Waals surface area contributed by atoms with Crippen LogP contribution in [0.4, 0.5) is 4.79 Å². The molecule has 0 aliphatic carbocycles. The van der Waals surface area contributed by atoms with E-state index in [1.807, 2.05) is 0 Å². The molecule has 1 aromatic rings. The van der Waals surface area contributed by atoms with Gasteiger partial charge in [-0.1, -0.05) is 24.8 Å². The Morgan fingerprint density at radius 2 is 1.96 bits per heavy atom. The molecule has 1 fully saturated rings. The van der Waals surface area contributed by atoms with Crippen molar-refractivity contribution in [3.63, 3.8) is 0 Å². The first kappa shape index (κ1) is 21.7. The third kappa shape index (κ3) is 4.83. The van der Waals surface area contributed by atoms with Gasteiger partial charge in [0.2, 0.25) is 0 Å². The number of hydrogen-bond acceptors (Lipinski definition) is 6. The van der Waals surface area contributed by atoms with Gasteiger partial charge in [0.15, 0.2) is 9.84 Å². The number of para-hydroxylation sites is 1. The number of carbonyl (C=O) groups is 2. The van der Waals surface area contributed by atoms with Gasteiger partial charge in [-0.25, -0.2) is 18.0 Å². The molecule has 0 spiro atoms. The molecule has 1 N–H and O–H groups in total. The van der Waals surface area contributed by atoms with E-state index in [1.165, 1.54) is 18.2 Å². The summed E-state index contributed by atoms with van der Waals surface area (Å²) in [6, 6.07) is 4.84. The van der Waals surface area contributed by atoms with Crippen molar-refractivity contribution < 1.29 is 32.6 Å². The maximum atomic E-state index is 13.2. The zero-order valence-corrected chi connectivity index (χ0v) is 16.9. The van der Waals surface area contributed by atoms with Crippen LogP contribution in [0.5, 0.6) is 5.75 Å². The Kier molecular flexibility index (Phi) is 6.38. The third-order valence-electron chi connectivity index (χ3n) is 4.13. The van der Waals surface area contributed by atoms with Crippen molar-refractivity contribution >= 4 is 21.9 Å². The second-order valence-corrected chi connectivity index (χ2v) is 9.63. The quantitative estimate of drug-likeness (QED) is 0.716. The van der Waals surface area contributed by atoms with E-state index in [2.05, 4.69) is 6.58 Å². The number of rotatable bonds is 6. The first-order chi connectivity index (χ1) is 13.0. The number of benzene rings is 1. The normalized spacial score (nSPS) is 19.9. The molecule has 0 aromatic heterocycles. The maximum absolute atomic E-state index is 13.2. The number of likely N-dealkylation sites (tertiary alicyclic amines) is 1. The van der Waals surface area contributed by atoms with Crippen molar-refractivity contribution in [2.24, 2.45) is 0 Å². The summed E-state index contributed by atoms with van der Waals surface area (Å²) >= 11 is 0. The van der Waals surface area contributed by atoms with Gasteiger partial charge in [0.1, 0.15) is 28.9 Å². The molecular weight excluding hydrogens is 386 g/mol. The SMILES string of the molecule is C=CCOc1ccccc1S(=O)(=O)[C@@H]1C[C@@H](C(=O)O)N(C(=O)OC(C)(C)C)C1. The molecule has 1 aliphatic heterocycles. The molecule has 0 saturated carbocycles. The van der Waals surface area contributed by atoms with Gasteiger partial charge in [0, 0.05) is 6.54 Å². The van der Waals surface area contributed by atoms with Crippen LogP contribution in [-0.2, 0) is 19.4 Å². The van der Waals surface area contributed by atoms with Gasteiger partial charge in [-0.3, -0.25) is 4.90 Å². The van der Waals surface area contributed by atoms with E-state index in [4.69, 9.17) is 9.47 Å². The molecule has 1 saturated heterocycles. The Morgan fingerprint density at radius 1 is 1.32 bits per heavy atom. The number of carboxylic acids is 1. The van der Waals surface area contributed by atoms with Crippen LogP contribution in [0.1, 0.15) is 27.2 Å². The van der Waals surface area contributed by atoms with Gasteiger partial charge < -0.3 is 14.6 Å². The first-order valence-electron chi connectivity index (χ1n) is 8.76. The highest BCUT2D eigenvalue weighted by Gasteiger charge is 2.47. The van der Waals surface area contributed by atoms with Crippen molar-refractivity contribution in [2.75, 3.05) is 13.2 Å². The van der Waals surface area contributed by atoms with Gasteiger partial charge in [0.25, 0.3) is 0 Å². The van der Waals surface area contributed by atoms with E-state index in [9.17, 15) is 23.1 Å². The molecule has 154 valence electrons. The average molecular weight is 411 g/mol. The fourth-order valence-electron chi connectivity index (χ4n) is 2.91. The van der Waals surface area contributed by atoms with Crippen LogP contribution >= 0.6 is 0 Å². The first-order valence-corrected chi connectivity index (χ1v) is 10.3. The Balaban J connectivity index is 2.34. The molecule has 2 atom stereocenters. The number of amides is 1. The summed E-state index contributed by atoms with van der Waals surface area (Å²) in [5, 5.41) is 8.39. The summed E-state index contributed by atoms with van der Waals surface area (Å²) in [4.78, 5) is 24.9. The average Bonchev–Trinajstić information content (AvgIpc) is 3.05. The van der Waals surface area contributed by atoms with Crippen molar-refractivity contribution in [1.29, 1.82) is 0 Å². The lowest BCUT2D eigenvalue weighted by atomic mass is 10.2. The highest BCUT2D eigenvalue weighted by atomic mass is 32.2. The molecule has 0 bridgehead atoms. The fourth-order valence-corrected chi connectivity index (χ4v) is 4.74. The largest absolute Gasteiger partial charge is 0.488 e.